The number of aromatic nitrogens is 2. The van der Waals surface area contributed by atoms with E-state index >= 15 is 0 Å². The molecule has 0 atom stereocenters. The zero-order valence-electron chi connectivity index (χ0n) is 13.7. The summed E-state index contributed by atoms with van der Waals surface area (Å²) in [5.74, 6) is 1.97. The molecular formula is C18H24N5+. The molecule has 0 bridgehead atoms. The van der Waals surface area contributed by atoms with Crippen molar-refractivity contribution in [2.24, 2.45) is 7.05 Å². The van der Waals surface area contributed by atoms with Gasteiger partial charge in [0.15, 0.2) is 19.1 Å². The second-order valence-electron chi connectivity index (χ2n) is 6.53. The van der Waals surface area contributed by atoms with Crippen LogP contribution in [0.2, 0.25) is 0 Å². The summed E-state index contributed by atoms with van der Waals surface area (Å²) in [6.07, 6.45) is 4.54. The van der Waals surface area contributed by atoms with Gasteiger partial charge >= 0.3 is 0 Å². The van der Waals surface area contributed by atoms with Crippen LogP contribution in [0.1, 0.15) is 24.0 Å². The van der Waals surface area contributed by atoms with Crippen LogP contribution in [0.25, 0.3) is 0 Å². The fourth-order valence-corrected chi connectivity index (χ4v) is 3.65. The molecule has 1 N–H and O–H groups in total. The maximum Gasteiger partial charge on any atom is 0.197 e. The van der Waals surface area contributed by atoms with Gasteiger partial charge in [-0.3, -0.25) is 5.41 Å². The molecule has 23 heavy (non-hydrogen) atoms. The Labute approximate surface area is 137 Å². The predicted octanol–water partition coefficient (Wildman–Crippen LogP) is 1.75. The van der Waals surface area contributed by atoms with E-state index in [0.29, 0.717) is 5.84 Å². The molecule has 1 fully saturated rings. The molecule has 5 heteroatoms. The lowest BCUT2D eigenvalue weighted by atomic mass is 10.1. The van der Waals surface area contributed by atoms with Gasteiger partial charge < -0.3 is 9.80 Å². The number of amidine groups is 1. The molecule has 0 saturated carbocycles. The van der Waals surface area contributed by atoms with Crippen LogP contribution in [0, 0.1) is 5.41 Å². The van der Waals surface area contributed by atoms with Crippen LogP contribution in [-0.2, 0) is 20.1 Å². The number of rotatable bonds is 3. The van der Waals surface area contributed by atoms with Gasteiger partial charge in [0.2, 0.25) is 0 Å². The predicted molar refractivity (Wildman–Crippen MR) is 90.7 cm³/mol. The van der Waals surface area contributed by atoms with E-state index in [0.717, 1.165) is 38.3 Å². The minimum absolute atomic E-state index is 0.677. The highest BCUT2D eigenvalue weighted by Crippen LogP contribution is 2.22. The SMILES string of the molecule is C[n+]1ccc2n1CCN2Cc1ccc(C(=N)N2CCCC2)cc1. The molecule has 3 heterocycles. The van der Waals surface area contributed by atoms with Gasteiger partial charge in [0.25, 0.3) is 0 Å². The zero-order chi connectivity index (χ0) is 15.8. The van der Waals surface area contributed by atoms with Crippen molar-refractivity contribution in [3.05, 3.63) is 47.7 Å². The van der Waals surface area contributed by atoms with Gasteiger partial charge in [-0.1, -0.05) is 24.3 Å². The molecule has 5 nitrogen and oxygen atoms in total. The van der Waals surface area contributed by atoms with Gasteiger partial charge in [-0.05, 0) is 18.4 Å². The minimum atomic E-state index is 0.677. The quantitative estimate of drug-likeness (QED) is 0.533. The number of nitrogens with one attached hydrogen (secondary N) is 1. The van der Waals surface area contributed by atoms with Crippen molar-refractivity contribution in [1.82, 2.24) is 9.58 Å². The molecule has 4 rings (SSSR count). The lowest BCUT2D eigenvalue weighted by Gasteiger charge is -2.19. The average Bonchev–Trinajstić information content (AvgIpc) is 3.29. The second-order valence-corrected chi connectivity index (χ2v) is 6.53. The number of fused-ring (bicyclic) bond motifs is 1. The van der Waals surface area contributed by atoms with E-state index < -0.39 is 0 Å². The van der Waals surface area contributed by atoms with Gasteiger partial charge in [0.1, 0.15) is 5.84 Å². The second kappa shape index (κ2) is 5.72. The molecule has 0 unspecified atom stereocenters. The molecular weight excluding hydrogens is 286 g/mol. The first-order valence-corrected chi connectivity index (χ1v) is 8.45. The number of anilines is 1. The van der Waals surface area contributed by atoms with E-state index in [4.69, 9.17) is 5.41 Å². The van der Waals surface area contributed by atoms with Gasteiger partial charge in [0, 0.05) is 31.7 Å². The summed E-state index contributed by atoms with van der Waals surface area (Å²) in [7, 11) is 2.09. The topological polar surface area (TPSA) is 39.1 Å². The highest BCUT2D eigenvalue weighted by molar-refractivity contribution is 5.96. The van der Waals surface area contributed by atoms with Crippen LogP contribution in [0.15, 0.2) is 36.5 Å². The molecule has 0 aliphatic carbocycles. The Hall–Kier alpha value is -2.30. The molecule has 1 aromatic heterocycles. The fourth-order valence-electron chi connectivity index (χ4n) is 3.65. The average molecular weight is 310 g/mol. The van der Waals surface area contributed by atoms with E-state index in [1.165, 1.54) is 24.2 Å². The number of aryl methyl sites for hydroxylation is 1. The minimum Gasteiger partial charge on any atom is -0.357 e. The van der Waals surface area contributed by atoms with Crippen LogP contribution >= 0.6 is 0 Å². The van der Waals surface area contributed by atoms with Crippen molar-refractivity contribution >= 4 is 11.7 Å². The molecule has 0 radical (unpaired) electrons. The lowest BCUT2D eigenvalue weighted by Crippen LogP contribution is -2.37. The first-order chi connectivity index (χ1) is 11.2. The molecule has 120 valence electrons. The molecule has 1 saturated heterocycles. The van der Waals surface area contributed by atoms with Crippen molar-refractivity contribution in [3.63, 3.8) is 0 Å². The van der Waals surface area contributed by atoms with Crippen molar-refractivity contribution < 1.29 is 4.68 Å². The molecule has 2 aliphatic heterocycles. The standard InChI is InChI=1S/C18H24N5/c1-20-11-8-17-22(12-13-23(17)20)14-15-4-6-16(7-5-15)18(19)21-9-2-3-10-21/h4-8,11,19H,2-3,9-10,12-14H2,1H3/q+1. The first kappa shape index (κ1) is 14.3. The summed E-state index contributed by atoms with van der Waals surface area (Å²) in [5.41, 5.74) is 2.34. The molecule has 2 aliphatic rings. The molecule has 1 aromatic carbocycles. The van der Waals surface area contributed by atoms with Gasteiger partial charge in [-0.2, -0.15) is 0 Å². The number of nitrogens with zero attached hydrogens (tertiary/aromatic N) is 4. The van der Waals surface area contributed by atoms with Crippen molar-refractivity contribution in [3.8, 4) is 0 Å². The Morgan fingerprint density at radius 3 is 2.52 bits per heavy atom. The van der Waals surface area contributed by atoms with Crippen LogP contribution in [0.3, 0.4) is 0 Å². The lowest BCUT2D eigenvalue weighted by molar-refractivity contribution is -0.751. The summed E-state index contributed by atoms with van der Waals surface area (Å²) in [6.45, 7) is 5.11. The fraction of sp³-hybridized carbons (Fsp3) is 0.444. The number of likely N-dealkylation sites (tertiary alicyclic amines) is 1. The van der Waals surface area contributed by atoms with Gasteiger partial charge in [-0.15, -0.1) is 9.36 Å². The highest BCUT2D eigenvalue weighted by Gasteiger charge is 2.25. The Balaban J connectivity index is 1.45. The molecule has 2 aromatic rings. The first-order valence-electron chi connectivity index (χ1n) is 8.45. The van der Waals surface area contributed by atoms with Crippen molar-refractivity contribution in [1.29, 1.82) is 5.41 Å². The molecule has 0 amide bonds. The third kappa shape index (κ3) is 2.60. The summed E-state index contributed by atoms with van der Waals surface area (Å²) in [5, 5.41) is 8.33. The van der Waals surface area contributed by atoms with Crippen molar-refractivity contribution in [2.45, 2.75) is 25.9 Å². The van der Waals surface area contributed by atoms with E-state index in [-0.39, 0.29) is 0 Å². The Bertz CT molecular complexity index is 710. The van der Waals surface area contributed by atoms with E-state index in [1.54, 1.807) is 0 Å². The summed E-state index contributed by atoms with van der Waals surface area (Å²) in [6, 6.07) is 10.7. The smallest absolute Gasteiger partial charge is 0.197 e. The maximum atomic E-state index is 8.33. The highest BCUT2D eigenvalue weighted by atomic mass is 15.5. The Kier molecular flexibility index (Phi) is 3.56. The number of hydrogen-bond acceptors (Lipinski definition) is 2. The monoisotopic (exact) mass is 310 g/mol. The maximum absolute atomic E-state index is 8.33. The zero-order valence-corrected chi connectivity index (χ0v) is 13.7. The van der Waals surface area contributed by atoms with Crippen molar-refractivity contribution in [2.75, 3.05) is 24.5 Å². The molecule has 0 spiro atoms. The van der Waals surface area contributed by atoms with Gasteiger partial charge in [-0.25, -0.2) is 0 Å². The van der Waals surface area contributed by atoms with Crippen LogP contribution in [-0.4, -0.2) is 35.1 Å². The van der Waals surface area contributed by atoms with Crippen LogP contribution in [0.4, 0.5) is 5.82 Å². The number of hydrogen-bond donors (Lipinski definition) is 1. The third-order valence-corrected chi connectivity index (χ3v) is 5.01. The summed E-state index contributed by atoms with van der Waals surface area (Å²) in [4.78, 5) is 4.60. The van der Waals surface area contributed by atoms with E-state index in [1.807, 2.05) is 0 Å². The third-order valence-electron chi connectivity index (χ3n) is 5.01. The van der Waals surface area contributed by atoms with E-state index in [2.05, 4.69) is 62.7 Å². The van der Waals surface area contributed by atoms with E-state index in [9.17, 15) is 0 Å². The number of benzene rings is 1. The summed E-state index contributed by atoms with van der Waals surface area (Å²) >= 11 is 0. The Morgan fingerprint density at radius 2 is 1.78 bits per heavy atom. The van der Waals surface area contributed by atoms with Crippen LogP contribution < -0.4 is 9.58 Å². The normalized spacial score (nSPS) is 16.9. The summed E-state index contributed by atoms with van der Waals surface area (Å²) < 4.78 is 4.45. The van der Waals surface area contributed by atoms with Crippen LogP contribution in [0.5, 0.6) is 0 Å². The van der Waals surface area contributed by atoms with Gasteiger partial charge in [0.05, 0.1) is 12.6 Å². The Morgan fingerprint density at radius 1 is 1.04 bits per heavy atom. The largest absolute Gasteiger partial charge is 0.357 e.